The van der Waals surface area contributed by atoms with Crippen molar-refractivity contribution in [2.24, 2.45) is 0 Å². The second-order valence-corrected chi connectivity index (χ2v) is 7.67. The Morgan fingerprint density at radius 1 is 0.472 bits per heavy atom. The van der Waals surface area contributed by atoms with Crippen LogP contribution in [0, 0.1) is 0 Å². The molecule has 14 nitrogen and oxygen atoms in total. The van der Waals surface area contributed by atoms with E-state index in [4.69, 9.17) is 29.2 Å². The Labute approximate surface area is 208 Å². The summed E-state index contributed by atoms with van der Waals surface area (Å²) in [7, 11) is 0. The van der Waals surface area contributed by atoms with Gasteiger partial charge in [-0.25, -0.2) is 0 Å². The van der Waals surface area contributed by atoms with Crippen LogP contribution in [0.4, 0.5) is 0 Å². The smallest absolute Gasteiger partial charge is 0.303 e. The Morgan fingerprint density at radius 3 is 1.00 bits per heavy atom. The van der Waals surface area contributed by atoms with Crippen LogP contribution < -0.4 is 0 Å². The molecule has 1 aliphatic rings. The largest absolute Gasteiger partial charge is 0.481 e. The molecule has 0 atom stereocenters. The number of ether oxygens (including phenoxy) is 4. The van der Waals surface area contributed by atoms with Crippen LogP contribution in [0.15, 0.2) is 0 Å². The first-order chi connectivity index (χ1) is 17.2. The van der Waals surface area contributed by atoms with Crippen molar-refractivity contribution in [3.63, 3.8) is 0 Å². The standard InChI is InChI=1S/C22H34N2O12/c25-17(1-3-19(27)28)21(31)23-5-9-33-13-15-35-11-7-24(8-12-36-16-14-34-10-6-23)22(32)18(26)2-4-20(29)30/h1-16H2,(H,27,28)(H,29,30). The molecule has 1 fully saturated rings. The first kappa shape index (κ1) is 31.1. The highest BCUT2D eigenvalue weighted by Crippen LogP contribution is 2.01. The number of ketones is 2. The molecule has 0 saturated carbocycles. The fourth-order valence-corrected chi connectivity index (χ4v) is 2.98. The maximum absolute atomic E-state index is 12.4. The molecule has 0 aromatic carbocycles. The molecule has 1 heterocycles. The second-order valence-electron chi connectivity index (χ2n) is 7.67. The van der Waals surface area contributed by atoms with Crippen molar-refractivity contribution in [3.05, 3.63) is 0 Å². The van der Waals surface area contributed by atoms with Gasteiger partial charge in [-0.1, -0.05) is 0 Å². The molecule has 0 unspecified atom stereocenters. The van der Waals surface area contributed by atoms with Gasteiger partial charge in [-0.15, -0.1) is 0 Å². The SMILES string of the molecule is O=C(O)CCC(=O)C(=O)N1CCOCCOCCN(C(=O)C(=O)CCC(=O)O)CCOCCOCC1. The molecule has 0 aromatic rings. The number of carbonyl (C=O) groups is 6. The zero-order valence-electron chi connectivity index (χ0n) is 20.2. The predicted octanol–water partition coefficient (Wildman–Crippen LogP) is -1.41. The summed E-state index contributed by atoms with van der Waals surface area (Å²) in [6.07, 6.45) is -1.64. The van der Waals surface area contributed by atoms with Gasteiger partial charge >= 0.3 is 11.9 Å². The first-order valence-electron chi connectivity index (χ1n) is 11.6. The van der Waals surface area contributed by atoms with Crippen molar-refractivity contribution in [1.29, 1.82) is 0 Å². The Bertz CT molecular complexity index is 675. The van der Waals surface area contributed by atoms with Crippen LogP contribution in [0.5, 0.6) is 0 Å². The van der Waals surface area contributed by atoms with Crippen molar-refractivity contribution >= 4 is 35.3 Å². The normalized spacial score (nSPS) is 17.4. The van der Waals surface area contributed by atoms with Gasteiger partial charge in [-0.2, -0.15) is 0 Å². The minimum absolute atomic E-state index is 0.0955. The summed E-state index contributed by atoms with van der Waals surface area (Å²) in [5.41, 5.74) is 0. The van der Waals surface area contributed by atoms with Crippen molar-refractivity contribution in [2.45, 2.75) is 25.7 Å². The van der Waals surface area contributed by atoms with Crippen LogP contribution in [0.1, 0.15) is 25.7 Å². The maximum Gasteiger partial charge on any atom is 0.303 e. The monoisotopic (exact) mass is 518 g/mol. The molecule has 204 valence electrons. The van der Waals surface area contributed by atoms with Crippen molar-refractivity contribution in [3.8, 4) is 0 Å². The average Bonchev–Trinajstić information content (AvgIpc) is 2.84. The molecule has 0 radical (unpaired) electrons. The van der Waals surface area contributed by atoms with E-state index in [1.54, 1.807) is 0 Å². The van der Waals surface area contributed by atoms with Gasteiger partial charge in [-0.3, -0.25) is 28.8 Å². The Morgan fingerprint density at radius 2 is 0.750 bits per heavy atom. The highest BCUT2D eigenvalue weighted by molar-refractivity contribution is 6.36. The minimum Gasteiger partial charge on any atom is -0.481 e. The van der Waals surface area contributed by atoms with Gasteiger partial charge in [-0.05, 0) is 0 Å². The first-order valence-corrected chi connectivity index (χ1v) is 11.6. The summed E-state index contributed by atoms with van der Waals surface area (Å²) >= 11 is 0. The summed E-state index contributed by atoms with van der Waals surface area (Å²) < 4.78 is 21.7. The summed E-state index contributed by atoms with van der Waals surface area (Å²) in [6, 6.07) is 0. The van der Waals surface area contributed by atoms with E-state index in [1.807, 2.05) is 0 Å². The number of carbonyl (C=O) groups excluding carboxylic acids is 4. The van der Waals surface area contributed by atoms with E-state index >= 15 is 0 Å². The van der Waals surface area contributed by atoms with E-state index in [9.17, 15) is 28.8 Å². The number of amides is 2. The average molecular weight is 519 g/mol. The van der Waals surface area contributed by atoms with E-state index in [0.717, 1.165) is 0 Å². The zero-order chi connectivity index (χ0) is 26.8. The molecule has 0 spiro atoms. The summed E-state index contributed by atoms with van der Waals surface area (Å²) in [6.45, 7) is 1.47. The highest BCUT2D eigenvalue weighted by Gasteiger charge is 2.23. The van der Waals surface area contributed by atoms with Crippen LogP contribution in [0.2, 0.25) is 0 Å². The predicted molar refractivity (Wildman–Crippen MR) is 120 cm³/mol. The molecular weight excluding hydrogens is 484 g/mol. The number of aliphatic carboxylic acids is 2. The van der Waals surface area contributed by atoms with Crippen LogP contribution in [-0.4, -0.2) is 134 Å². The van der Waals surface area contributed by atoms with E-state index in [2.05, 4.69) is 0 Å². The molecule has 0 aromatic heterocycles. The van der Waals surface area contributed by atoms with Gasteiger partial charge in [0.15, 0.2) is 0 Å². The summed E-state index contributed by atoms with van der Waals surface area (Å²) in [5, 5.41) is 17.4. The van der Waals surface area contributed by atoms with Crippen molar-refractivity contribution in [2.75, 3.05) is 79.0 Å². The lowest BCUT2D eigenvalue weighted by atomic mass is 10.2. The molecule has 2 N–H and O–H groups in total. The molecule has 2 amide bonds. The van der Waals surface area contributed by atoms with E-state index in [-0.39, 0.29) is 79.0 Å². The van der Waals surface area contributed by atoms with Gasteiger partial charge in [0, 0.05) is 39.0 Å². The lowest BCUT2D eigenvalue weighted by molar-refractivity contribution is -0.147. The van der Waals surface area contributed by atoms with Gasteiger partial charge in [0.05, 0.1) is 65.7 Å². The van der Waals surface area contributed by atoms with Crippen molar-refractivity contribution in [1.82, 2.24) is 9.80 Å². The third kappa shape index (κ3) is 13.8. The number of carboxylic acid groups (broad SMARTS) is 2. The number of hydrogen-bond acceptors (Lipinski definition) is 10. The van der Waals surface area contributed by atoms with Gasteiger partial charge in [0.2, 0.25) is 11.6 Å². The third-order valence-corrected chi connectivity index (χ3v) is 4.95. The molecule has 1 aliphatic heterocycles. The van der Waals surface area contributed by atoms with Gasteiger partial charge in [0.1, 0.15) is 0 Å². The van der Waals surface area contributed by atoms with Crippen LogP contribution >= 0.6 is 0 Å². The Balaban J connectivity index is 2.59. The highest BCUT2D eigenvalue weighted by atomic mass is 16.5. The molecule has 36 heavy (non-hydrogen) atoms. The van der Waals surface area contributed by atoms with Crippen LogP contribution in [-0.2, 0) is 47.7 Å². The van der Waals surface area contributed by atoms with E-state index in [1.165, 1.54) is 9.80 Å². The van der Waals surface area contributed by atoms with Gasteiger partial charge < -0.3 is 39.0 Å². The molecular formula is C22H34N2O12. The quantitative estimate of drug-likeness (QED) is 0.358. The Hall–Kier alpha value is -2.94. The molecule has 0 aliphatic carbocycles. The topological polar surface area (TPSA) is 186 Å². The second kappa shape index (κ2) is 18.3. The maximum atomic E-state index is 12.4. The molecule has 0 bridgehead atoms. The number of rotatable bonds is 8. The third-order valence-electron chi connectivity index (χ3n) is 4.95. The molecule has 1 saturated heterocycles. The molecule has 14 heteroatoms. The fourth-order valence-electron chi connectivity index (χ4n) is 2.98. The number of nitrogens with zero attached hydrogens (tertiary/aromatic N) is 2. The van der Waals surface area contributed by atoms with Crippen molar-refractivity contribution < 1.29 is 57.9 Å². The van der Waals surface area contributed by atoms with Crippen LogP contribution in [0.25, 0.3) is 0 Å². The number of hydrogen-bond donors (Lipinski definition) is 2. The van der Waals surface area contributed by atoms with Gasteiger partial charge in [0.25, 0.3) is 11.8 Å². The Kier molecular flexibility index (Phi) is 15.8. The zero-order valence-corrected chi connectivity index (χ0v) is 20.2. The minimum atomic E-state index is -1.17. The lowest BCUT2D eigenvalue weighted by Crippen LogP contribution is -2.41. The van der Waals surface area contributed by atoms with E-state index in [0.29, 0.717) is 0 Å². The number of carboxylic acids is 2. The fraction of sp³-hybridized carbons (Fsp3) is 0.727. The van der Waals surface area contributed by atoms with Crippen LogP contribution in [0.3, 0.4) is 0 Å². The molecule has 1 rings (SSSR count). The van der Waals surface area contributed by atoms with E-state index < -0.39 is 61.0 Å². The summed E-state index contributed by atoms with van der Waals surface area (Å²) in [5.74, 6) is -5.53. The lowest BCUT2D eigenvalue weighted by Gasteiger charge is -2.23. The number of Topliss-reactive ketones (excluding diaryl/α,β-unsaturated/α-hetero) is 2. The summed E-state index contributed by atoms with van der Waals surface area (Å²) in [4.78, 5) is 72.6.